The first kappa shape index (κ1) is 21.2. The quantitative estimate of drug-likeness (QED) is 0.828. The van der Waals surface area contributed by atoms with Crippen molar-refractivity contribution < 1.29 is 19.4 Å². The van der Waals surface area contributed by atoms with Crippen molar-refractivity contribution >= 4 is 12.0 Å². The number of rotatable bonds is 5. The van der Waals surface area contributed by atoms with Gasteiger partial charge in [0.2, 0.25) is 5.91 Å². The Bertz CT molecular complexity index is 627. The number of hydrogen-bond donors (Lipinski definition) is 2. The molecule has 1 fully saturated rings. The lowest BCUT2D eigenvalue weighted by Gasteiger charge is -2.39. The maximum Gasteiger partial charge on any atom is 0.410 e. The largest absolute Gasteiger partial charge is 0.444 e. The molecule has 0 saturated carbocycles. The Morgan fingerprint density at radius 2 is 1.96 bits per heavy atom. The number of benzene rings is 1. The summed E-state index contributed by atoms with van der Waals surface area (Å²) in [5, 5.41) is 13.0. The zero-order valence-corrected chi connectivity index (χ0v) is 16.8. The Balaban J connectivity index is 1.86. The maximum atomic E-state index is 12.6. The fourth-order valence-electron chi connectivity index (χ4n) is 3.38. The van der Waals surface area contributed by atoms with Crippen molar-refractivity contribution in [1.82, 2.24) is 10.2 Å². The van der Waals surface area contributed by atoms with Gasteiger partial charge >= 0.3 is 6.09 Å². The molecule has 3 atom stereocenters. The predicted octanol–water partition coefficient (Wildman–Crippen LogP) is 2.74. The number of carbonyl (C=O) groups is 2. The fraction of sp³-hybridized carbons (Fsp3) is 0.619. The van der Waals surface area contributed by atoms with E-state index in [9.17, 15) is 14.7 Å². The summed E-state index contributed by atoms with van der Waals surface area (Å²) in [6.45, 7) is 8.17. The van der Waals surface area contributed by atoms with Crippen LogP contribution in [0.25, 0.3) is 0 Å². The first-order valence-corrected chi connectivity index (χ1v) is 9.66. The summed E-state index contributed by atoms with van der Waals surface area (Å²) in [5.41, 5.74) is 0.467. The SMILES string of the molecule is C[C@@H]1[C@@H](C(=O)NC[C@H](O)Cc2ccccc2)CCCN1C(=O)OC(C)(C)C. The number of piperidine rings is 1. The number of nitrogens with one attached hydrogen (secondary N) is 1. The van der Waals surface area contributed by atoms with Crippen LogP contribution in [-0.4, -0.2) is 52.8 Å². The molecule has 1 saturated heterocycles. The number of carbonyl (C=O) groups excluding carboxylic acids is 2. The molecule has 1 aromatic carbocycles. The molecule has 2 N–H and O–H groups in total. The molecule has 2 amide bonds. The Morgan fingerprint density at radius 3 is 2.59 bits per heavy atom. The summed E-state index contributed by atoms with van der Waals surface area (Å²) in [6.07, 6.45) is 0.953. The minimum absolute atomic E-state index is 0.122. The smallest absolute Gasteiger partial charge is 0.410 e. The summed E-state index contributed by atoms with van der Waals surface area (Å²) >= 11 is 0. The van der Waals surface area contributed by atoms with Gasteiger partial charge in [-0.2, -0.15) is 0 Å². The van der Waals surface area contributed by atoms with E-state index >= 15 is 0 Å². The molecule has 27 heavy (non-hydrogen) atoms. The number of amides is 2. The van der Waals surface area contributed by atoms with Crippen LogP contribution in [0, 0.1) is 5.92 Å². The normalized spacial score (nSPS) is 21.4. The van der Waals surface area contributed by atoms with Gasteiger partial charge in [0.25, 0.3) is 0 Å². The van der Waals surface area contributed by atoms with Crippen LogP contribution in [0.4, 0.5) is 4.79 Å². The van der Waals surface area contributed by atoms with E-state index in [0.29, 0.717) is 13.0 Å². The minimum atomic E-state index is -0.641. The van der Waals surface area contributed by atoms with E-state index < -0.39 is 11.7 Å². The van der Waals surface area contributed by atoms with E-state index in [4.69, 9.17) is 4.74 Å². The Kier molecular flexibility index (Phi) is 7.25. The number of ether oxygens (including phenoxy) is 1. The third kappa shape index (κ3) is 6.54. The Hall–Kier alpha value is -2.08. The Labute approximate surface area is 161 Å². The number of likely N-dealkylation sites (tertiary alicyclic amines) is 1. The summed E-state index contributed by atoms with van der Waals surface area (Å²) < 4.78 is 5.46. The van der Waals surface area contributed by atoms with E-state index in [1.54, 1.807) is 4.90 Å². The van der Waals surface area contributed by atoms with Crippen molar-refractivity contribution in [3.8, 4) is 0 Å². The topological polar surface area (TPSA) is 78.9 Å². The predicted molar refractivity (Wildman–Crippen MR) is 104 cm³/mol. The summed E-state index contributed by atoms with van der Waals surface area (Å²) in [5.74, 6) is -0.418. The van der Waals surface area contributed by atoms with Gasteiger partial charge in [0.1, 0.15) is 5.60 Å². The molecule has 0 unspecified atom stereocenters. The van der Waals surface area contributed by atoms with Crippen LogP contribution in [0.2, 0.25) is 0 Å². The van der Waals surface area contributed by atoms with Crippen LogP contribution in [0.1, 0.15) is 46.1 Å². The Morgan fingerprint density at radius 1 is 1.30 bits per heavy atom. The minimum Gasteiger partial charge on any atom is -0.444 e. The maximum absolute atomic E-state index is 12.6. The molecular weight excluding hydrogens is 344 g/mol. The lowest BCUT2D eigenvalue weighted by molar-refractivity contribution is -0.128. The zero-order chi connectivity index (χ0) is 20.0. The molecule has 0 radical (unpaired) electrons. The highest BCUT2D eigenvalue weighted by Crippen LogP contribution is 2.25. The molecule has 1 heterocycles. The highest BCUT2D eigenvalue weighted by molar-refractivity contribution is 5.80. The van der Waals surface area contributed by atoms with Gasteiger partial charge in [-0.25, -0.2) is 4.79 Å². The second kappa shape index (κ2) is 9.22. The van der Waals surface area contributed by atoms with Gasteiger partial charge in [0, 0.05) is 25.6 Å². The van der Waals surface area contributed by atoms with Crippen molar-refractivity contribution in [2.45, 2.75) is 64.7 Å². The molecule has 150 valence electrons. The molecule has 1 aliphatic rings. The molecule has 0 spiro atoms. The van der Waals surface area contributed by atoms with Gasteiger partial charge in [-0.3, -0.25) is 4.79 Å². The first-order valence-electron chi connectivity index (χ1n) is 9.66. The third-order valence-electron chi connectivity index (χ3n) is 4.78. The van der Waals surface area contributed by atoms with Gasteiger partial charge < -0.3 is 20.1 Å². The summed E-state index contributed by atoms with van der Waals surface area (Å²) in [4.78, 5) is 26.6. The number of nitrogens with zero attached hydrogens (tertiary/aromatic N) is 1. The fourth-order valence-corrected chi connectivity index (χ4v) is 3.38. The number of aliphatic hydroxyl groups excluding tert-OH is 1. The average Bonchev–Trinajstić information content (AvgIpc) is 2.59. The van der Waals surface area contributed by atoms with Gasteiger partial charge in [-0.1, -0.05) is 30.3 Å². The molecule has 0 aliphatic carbocycles. The highest BCUT2D eigenvalue weighted by atomic mass is 16.6. The standard InChI is InChI=1S/C21H32N2O4/c1-15-18(11-8-12-23(15)20(26)27-21(2,3)4)19(25)22-14-17(24)13-16-9-6-5-7-10-16/h5-7,9-10,15,17-18,24H,8,11-14H2,1-4H3,(H,22,25)/t15-,17-,18+/m1/s1. The van der Waals surface area contributed by atoms with Crippen molar-refractivity contribution in [3.05, 3.63) is 35.9 Å². The van der Waals surface area contributed by atoms with Crippen molar-refractivity contribution in [1.29, 1.82) is 0 Å². The van der Waals surface area contributed by atoms with Crippen molar-refractivity contribution in [3.63, 3.8) is 0 Å². The van der Waals surface area contributed by atoms with Crippen molar-refractivity contribution in [2.24, 2.45) is 5.92 Å². The molecule has 1 aromatic rings. The second-order valence-corrected chi connectivity index (χ2v) is 8.25. The molecular formula is C21H32N2O4. The van der Waals surface area contributed by atoms with Crippen molar-refractivity contribution in [2.75, 3.05) is 13.1 Å². The van der Waals surface area contributed by atoms with Gasteiger partial charge in [-0.05, 0) is 46.1 Å². The van der Waals surface area contributed by atoms with Crippen LogP contribution in [0.5, 0.6) is 0 Å². The monoisotopic (exact) mass is 376 g/mol. The van der Waals surface area contributed by atoms with Gasteiger partial charge in [0.15, 0.2) is 0 Å². The lowest BCUT2D eigenvalue weighted by Crippen LogP contribution is -2.53. The number of hydrogen-bond acceptors (Lipinski definition) is 4. The first-order chi connectivity index (χ1) is 12.7. The van der Waals surface area contributed by atoms with Crippen LogP contribution in [0.15, 0.2) is 30.3 Å². The highest BCUT2D eigenvalue weighted by Gasteiger charge is 2.37. The zero-order valence-electron chi connectivity index (χ0n) is 16.8. The average molecular weight is 376 g/mol. The van der Waals surface area contributed by atoms with E-state index in [0.717, 1.165) is 18.4 Å². The lowest BCUT2D eigenvalue weighted by atomic mass is 9.89. The van der Waals surface area contributed by atoms with Crippen LogP contribution >= 0.6 is 0 Å². The molecule has 0 bridgehead atoms. The summed E-state index contributed by atoms with van der Waals surface area (Å²) in [7, 11) is 0. The number of aliphatic hydroxyl groups is 1. The summed E-state index contributed by atoms with van der Waals surface area (Å²) in [6, 6.07) is 9.45. The molecule has 6 heteroatoms. The van der Waals surface area contributed by atoms with E-state index in [1.807, 2.05) is 58.0 Å². The second-order valence-electron chi connectivity index (χ2n) is 8.25. The molecule has 2 rings (SSSR count). The molecule has 1 aliphatic heterocycles. The molecule has 0 aromatic heterocycles. The third-order valence-corrected chi connectivity index (χ3v) is 4.78. The van der Waals surface area contributed by atoms with Gasteiger partial charge in [-0.15, -0.1) is 0 Å². The molecule has 6 nitrogen and oxygen atoms in total. The van der Waals surface area contributed by atoms with Gasteiger partial charge in [0.05, 0.1) is 12.0 Å². The van der Waals surface area contributed by atoms with Crippen LogP contribution in [0.3, 0.4) is 0 Å². The van der Waals surface area contributed by atoms with E-state index in [2.05, 4.69) is 5.32 Å². The van der Waals surface area contributed by atoms with Crippen LogP contribution in [-0.2, 0) is 16.0 Å². The van der Waals surface area contributed by atoms with Crippen LogP contribution < -0.4 is 5.32 Å². The van der Waals surface area contributed by atoms with E-state index in [1.165, 1.54) is 0 Å². The van der Waals surface area contributed by atoms with E-state index in [-0.39, 0.29) is 30.5 Å².